The van der Waals surface area contributed by atoms with Crippen LogP contribution in [0.25, 0.3) is 10.8 Å². The average Bonchev–Trinajstić information content (AvgIpc) is 2.50. The summed E-state index contributed by atoms with van der Waals surface area (Å²) in [5.74, 6) is 0. The highest BCUT2D eigenvalue weighted by Gasteiger charge is 2.13. The molecule has 0 fully saturated rings. The Kier molecular flexibility index (Phi) is 3.28. The lowest BCUT2D eigenvalue weighted by molar-refractivity contribution is 0.135. The van der Waals surface area contributed by atoms with Gasteiger partial charge in [0.15, 0.2) is 0 Å². The van der Waals surface area contributed by atoms with Crippen LogP contribution in [-0.2, 0) is 4.74 Å². The molecular weight excluding hydrogens is 258 g/mol. The molecule has 1 aliphatic heterocycles. The number of fused-ring (bicyclic) bond motifs is 1. The van der Waals surface area contributed by atoms with Crippen LogP contribution < -0.4 is 16.4 Å². The zero-order chi connectivity index (χ0) is 13.9. The minimum absolute atomic E-state index is 0.0799. The molecule has 0 bridgehead atoms. The molecule has 20 heavy (non-hydrogen) atoms. The molecule has 0 saturated heterocycles. The van der Waals surface area contributed by atoms with Crippen molar-refractivity contribution in [2.75, 3.05) is 11.9 Å². The van der Waals surface area contributed by atoms with Crippen LogP contribution in [0.1, 0.15) is 12.8 Å². The van der Waals surface area contributed by atoms with E-state index in [-0.39, 0.29) is 17.2 Å². The first-order chi connectivity index (χ1) is 9.75. The molecule has 0 saturated carbocycles. The van der Waals surface area contributed by atoms with Crippen LogP contribution in [0.2, 0.25) is 0 Å². The second-order valence-corrected chi connectivity index (χ2v) is 4.72. The summed E-state index contributed by atoms with van der Waals surface area (Å²) < 4.78 is 5.47. The minimum Gasteiger partial charge on any atom is -0.497 e. The first-order valence-electron chi connectivity index (χ1n) is 6.54. The fourth-order valence-electron chi connectivity index (χ4n) is 2.34. The number of anilines is 1. The predicted molar refractivity (Wildman–Crippen MR) is 76.9 cm³/mol. The Morgan fingerprint density at radius 3 is 2.90 bits per heavy atom. The van der Waals surface area contributed by atoms with Gasteiger partial charge in [-0.1, -0.05) is 6.07 Å². The summed E-state index contributed by atoms with van der Waals surface area (Å²) in [6.45, 7) is 0.593. The van der Waals surface area contributed by atoms with E-state index >= 15 is 0 Å². The van der Waals surface area contributed by atoms with Crippen molar-refractivity contribution < 1.29 is 4.74 Å². The SMILES string of the molecule is O=c1[nH][nH]c(=O)c2c(NCC3CCC=CO3)cccc12. The quantitative estimate of drug-likeness (QED) is 0.787. The number of aromatic nitrogens is 2. The summed E-state index contributed by atoms with van der Waals surface area (Å²) in [7, 11) is 0. The van der Waals surface area contributed by atoms with Crippen molar-refractivity contribution in [2.24, 2.45) is 0 Å². The Bertz CT molecular complexity index is 760. The van der Waals surface area contributed by atoms with Gasteiger partial charge in [-0.25, -0.2) is 0 Å². The van der Waals surface area contributed by atoms with Crippen LogP contribution in [0.5, 0.6) is 0 Å². The third-order valence-corrected chi connectivity index (χ3v) is 3.37. The van der Waals surface area contributed by atoms with Crippen LogP contribution in [-0.4, -0.2) is 22.8 Å². The van der Waals surface area contributed by atoms with Crippen LogP contribution in [0.3, 0.4) is 0 Å². The van der Waals surface area contributed by atoms with Crippen molar-refractivity contribution in [3.8, 4) is 0 Å². The van der Waals surface area contributed by atoms with Crippen LogP contribution in [0.15, 0.2) is 40.1 Å². The largest absolute Gasteiger partial charge is 0.497 e. The second-order valence-electron chi connectivity index (χ2n) is 4.72. The van der Waals surface area contributed by atoms with E-state index in [0.717, 1.165) is 12.8 Å². The summed E-state index contributed by atoms with van der Waals surface area (Å²) in [5.41, 5.74) is 0.0280. The number of rotatable bonds is 3. The van der Waals surface area contributed by atoms with Crippen molar-refractivity contribution in [2.45, 2.75) is 18.9 Å². The Balaban J connectivity index is 1.91. The van der Waals surface area contributed by atoms with E-state index in [1.54, 1.807) is 24.5 Å². The molecule has 1 atom stereocenters. The lowest BCUT2D eigenvalue weighted by atomic mass is 10.1. The first-order valence-corrected chi connectivity index (χ1v) is 6.54. The Morgan fingerprint density at radius 2 is 2.10 bits per heavy atom. The molecule has 6 nitrogen and oxygen atoms in total. The molecule has 1 aromatic carbocycles. The highest BCUT2D eigenvalue weighted by molar-refractivity contribution is 5.92. The fraction of sp³-hybridized carbons (Fsp3) is 0.286. The van der Waals surface area contributed by atoms with E-state index < -0.39 is 0 Å². The molecule has 1 aromatic heterocycles. The third kappa shape index (κ3) is 2.32. The summed E-state index contributed by atoms with van der Waals surface area (Å²) >= 11 is 0. The molecule has 0 spiro atoms. The zero-order valence-corrected chi connectivity index (χ0v) is 10.8. The number of benzene rings is 1. The van der Waals surface area contributed by atoms with Gasteiger partial charge in [0.05, 0.1) is 23.6 Å². The topological polar surface area (TPSA) is 87.0 Å². The normalized spacial score (nSPS) is 17.9. The molecule has 6 heteroatoms. The number of H-pyrrole nitrogens is 2. The molecular formula is C14H15N3O3. The molecule has 0 radical (unpaired) electrons. The molecule has 104 valence electrons. The highest BCUT2D eigenvalue weighted by atomic mass is 16.5. The lowest BCUT2D eigenvalue weighted by Crippen LogP contribution is -2.25. The molecule has 3 N–H and O–H groups in total. The Morgan fingerprint density at radius 1 is 1.25 bits per heavy atom. The van der Waals surface area contributed by atoms with Gasteiger partial charge in [0, 0.05) is 5.69 Å². The van der Waals surface area contributed by atoms with E-state index in [9.17, 15) is 9.59 Å². The van der Waals surface area contributed by atoms with Crippen molar-refractivity contribution in [3.05, 3.63) is 51.2 Å². The third-order valence-electron chi connectivity index (χ3n) is 3.37. The van der Waals surface area contributed by atoms with Crippen molar-refractivity contribution in [1.29, 1.82) is 0 Å². The number of hydrogen-bond acceptors (Lipinski definition) is 4. The highest BCUT2D eigenvalue weighted by Crippen LogP contribution is 2.18. The number of allylic oxidation sites excluding steroid dienone is 1. The molecule has 1 aliphatic rings. The van der Waals surface area contributed by atoms with Gasteiger partial charge in [-0.2, -0.15) is 0 Å². The van der Waals surface area contributed by atoms with E-state index in [0.29, 0.717) is 23.0 Å². The lowest BCUT2D eigenvalue weighted by Gasteiger charge is -2.20. The van der Waals surface area contributed by atoms with Crippen LogP contribution in [0, 0.1) is 0 Å². The summed E-state index contributed by atoms with van der Waals surface area (Å²) in [5, 5.41) is 8.62. The molecule has 2 heterocycles. The van der Waals surface area contributed by atoms with Gasteiger partial charge in [-0.15, -0.1) is 0 Å². The zero-order valence-electron chi connectivity index (χ0n) is 10.8. The average molecular weight is 273 g/mol. The van der Waals surface area contributed by atoms with Gasteiger partial charge in [-0.3, -0.25) is 19.8 Å². The maximum atomic E-state index is 11.9. The van der Waals surface area contributed by atoms with Gasteiger partial charge in [0.25, 0.3) is 11.1 Å². The molecule has 0 amide bonds. The molecule has 2 aromatic rings. The van der Waals surface area contributed by atoms with Crippen molar-refractivity contribution >= 4 is 16.5 Å². The number of hydrogen-bond donors (Lipinski definition) is 3. The number of nitrogens with one attached hydrogen (secondary N) is 3. The van der Waals surface area contributed by atoms with Gasteiger partial charge in [-0.05, 0) is 31.1 Å². The molecule has 3 rings (SSSR count). The Hall–Kier alpha value is -2.50. The van der Waals surface area contributed by atoms with Crippen molar-refractivity contribution in [1.82, 2.24) is 10.2 Å². The first kappa shape index (κ1) is 12.5. The second kappa shape index (κ2) is 5.24. The van der Waals surface area contributed by atoms with E-state index in [2.05, 4.69) is 15.5 Å². The smallest absolute Gasteiger partial charge is 0.272 e. The molecule has 1 unspecified atom stereocenters. The maximum absolute atomic E-state index is 11.9. The summed E-state index contributed by atoms with van der Waals surface area (Å²) in [4.78, 5) is 23.6. The van der Waals surface area contributed by atoms with Gasteiger partial charge in [0.2, 0.25) is 0 Å². The fourth-order valence-corrected chi connectivity index (χ4v) is 2.34. The van der Waals surface area contributed by atoms with Crippen LogP contribution >= 0.6 is 0 Å². The van der Waals surface area contributed by atoms with Gasteiger partial charge >= 0.3 is 0 Å². The van der Waals surface area contributed by atoms with Gasteiger partial charge < -0.3 is 10.1 Å². The monoisotopic (exact) mass is 273 g/mol. The van der Waals surface area contributed by atoms with Crippen LogP contribution in [0.4, 0.5) is 5.69 Å². The van der Waals surface area contributed by atoms with E-state index in [1.165, 1.54) is 0 Å². The maximum Gasteiger partial charge on any atom is 0.272 e. The van der Waals surface area contributed by atoms with Crippen molar-refractivity contribution in [3.63, 3.8) is 0 Å². The summed E-state index contributed by atoms with van der Waals surface area (Å²) in [6.07, 6.45) is 5.69. The minimum atomic E-state index is -0.313. The van der Waals surface area contributed by atoms with Gasteiger partial charge in [0.1, 0.15) is 6.10 Å². The van der Waals surface area contributed by atoms with E-state index in [1.807, 2.05) is 6.08 Å². The van der Waals surface area contributed by atoms with E-state index in [4.69, 9.17) is 4.74 Å². The number of ether oxygens (including phenoxy) is 1. The Labute approximate surface area is 114 Å². The predicted octanol–water partition coefficient (Wildman–Crippen LogP) is 1.32. The standard InChI is InChI=1S/C14H15N3O3/c18-13-10-5-3-6-11(12(10)14(19)17-16-13)15-8-9-4-1-2-7-20-9/h2-3,5-7,9,15H,1,4,8H2,(H,16,18)(H,17,19). The summed E-state index contributed by atoms with van der Waals surface area (Å²) in [6, 6.07) is 5.17. The number of aromatic amines is 2. The molecule has 0 aliphatic carbocycles.